The molecule has 0 heterocycles. The van der Waals surface area contributed by atoms with Crippen LogP contribution in [0.1, 0.15) is 24.1 Å². The van der Waals surface area contributed by atoms with Crippen LogP contribution in [0.3, 0.4) is 0 Å². The average Bonchev–Trinajstić information content (AvgIpc) is 2.09. The van der Waals surface area contributed by atoms with Gasteiger partial charge >= 0.3 is 0 Å². The molecule has 0 aliphatic heterocycles. The number of phenolic OH excluding ortho intramolecular Hbond substituents is 1. The molecule has 4 heteroatoms. The van der Waals surface area contributed by atoms with Crippen molar-refractivity contribution in [1.29, 1.82) is 0 Å². The van der Waals surface area contributed by atoms with Crippen LogP contribution >= 0.6 is 11.6 Å². The summed E-state index contributed by atoms with van der Waals surface area (Å²) in [4.78, 5) is 0. The van der Waals surface area contributed by atoms with E-state index >= 15 is 0 Å². The van der Waals surface area contributed by atoms with Gasteiger partial charge in [-0.05, 0) is 31.5 Å². The van der Waals surface area contributed by atoms with Gasteiger partial charge in [0.15, 0.2) is 0 Å². The predicted molar refractivity (Wildman–Crippen MR) is 58.4 cm³/mol. The molecule has 5 N–H and O–H groups in total. The molecule has 0 radical (unpaired) electrons. The molecule has 1 aromatic rings. The number of benzene rings is 1. The third kappa shape index (κ3) is 2.18. The van der Waals surface area contributed by atoms with Crippen molar-refractivity contribution in [1.82, 2.24) is 0 Å². The van der Waals surface area contributed by atoms with Gasteiger partial charge in [0.25, 0.3) is 0 Å². The summed E-state index contributed by atoms with van der Waals surface area (Å²) in [5, 5.41) is 10.3. The van der Waals surface area contributed by atoms with E-state index in [1.54, 1.807) is 26.0 Å². The maximum atomic E-state index is 9.75. The topological polar surface area (TPSA) is 72.3 Å². The fourth-order valence-electron chi connectivity index (χ4n) is 1.30. The smallest absolute Gasteiger partial charge is 0.123 e. The molecule has 0 saturated carbocycles. The van der Waals surface area contributed by atoms with E-state index in [-0.39, 0.29) is 11.8 Å². The third-order valence-electron chi connectivity index (χ3n) is 2.22. The maximum absolute atomic E-state index is 9.75. The number of nitrogens with two attached hydrogens (primary N) is 2. The SMILES string of the molecule is Cc1cc(Cl)cc(C(N)C(C)N)c1O. The molecule has 0 bridgehead atoms. The summed E-state index contributed by atoms with van der Waals surface area (Å²) >= 11 is 5.86. The summed E-state index contributed by atoms with van der Waals surface area (Å²) in [6.07, 6.45) is 0. The van der Waals surface area contributed by atoms with E-state index in [4.69, 9.17) is 23.1 Å². The van der Waals surface area contributed by atoms with Crippen molar-refractivity contribution < 1.29 is 5.11 Å². The van der Waals surface area contributed by atoms with Crippen LogP contribution < -0.4 is 11.5 Å². The molecule has 2 unspecified atom stereocenters. The van der Waals surface area contributed by atoms with Gasteiger partial charge in [-0.2, -0.15) is 0 Å². The summed E-state index contributed by atoms with van der Waals surface area (Å²) in [5.74, 6) is 0.180. The maximum Gasteiger partial charge on any atom is 0.123 e. The fraction of sp³-hybridized carbons (Fsp3) is 0.400. The van der Waals surface area contributed by atoms with Crippen LogP contribution in [0.15, 0.2) is 12.1 Å². The standard InChI is InChI=1S/C10H15ClN2O/c1-5-3-7(11)4-8(10(5)14)9(13)6(2)12/h3-4,6,9,14H,12-13H2,1-2H3. The zero-order valence-corrected chi connectivity index (χ0v) is 9.05. The third-order valence-corrected chi connectivity index (χ3v) is 2.44. The van der Waals surface area contributed by atoms with E-state index in [0.29, 0.717) is 16.1 Å². The van der Waals surface area contributed by atoms with Crippen LogP contribution in [0.5, 0.6) is 5.75 Å². The van der Waals surface area contributed by atoms with Crippen LogP contribution in [0, 0.1) is 6.92 Å². The van der Waals surface area contributed by atoms with Gasteiger partial charge in [0.05, 0.1) is 0 Å². The first-order valence-electron chi connectivity index (χ1n) is 4.43. The molecular weight excluding hydrogens is 200 g/mol. The van der Waals surface area contributed by atoms with Gasteiger partial charge in [-0.1, -0.05) is 11.6 Å². The lowest BCUT2D eigenvalue weighted by Crippen LogP contribution is -2.31. The lowest BCUT2D eigenvalue weighted by molar-refractivity contribution is 0.450. The summed E-state index contributed by atoms with van der Waals surface area (Å²) in [5.41, 5.74) is 12.8. The molecule has 0 aliphatic carbocycles. The second-order valence-electron chi connectivity index (χ2n) is 3.55. The first kappa shape index (κ1) is 11.3. The Hall–Kier alpha value is -0.770. The van der Waals surface area contributed by atoms with E-state index in [0.717, 1.165) is 0 Å². The van der Waals surface area contributed by atoms with E-state index in [2.05, 4.69) is 0 Å². The van der Waals surface area contributed by atoms with Crippen molar-refractivity contribution in [2.24, 2.45) is 11.5 Å². The van der Waals surface area contributed by atoms with Crippen LogP contribution in [0.4, 0.5) is 0 Å². The highest BCUT2D eigenvalue weighted by Crippen LogP contribution is 2.30. The van der Waals surface area contributed by atoms with E-state index in [1.807, 2.05) is 0 Å². The molecule has 0 spiro atoms. The van der Waals surface area contributed by atoms with Gasteiger partial charge < -0.3 is 16.6 Å². The second-order valence-corrected chi connectivity index (χ2v) is 3.98. The van der Waals surface area contributed by atoms with Gasteiger partial charge in [0.1, 0.15) is 5.75 Å². The Bertz CT molecular complexity index is 339. The molecule has 0 saturated heterocycles. The minimum atomic E-state index is -0.396. The van der Waals surface area contributed by atoms with Crippen molar-refractivity contribution in [2.45, 2.75) is 25.9 Å². The minimum absolute atomic E-state index is 0.180. The number of aryl methyl sites for hydroxylation is 1. The number of hydrogen-bond acceptors (Lipinski definition) is 3. The zero-order valence-electron chi connectivity index (χ0n) is 8.29. The van der Waals surface area contributed by atoms with Crippen LogP contribution in [0.2, 0.25) is 5.02 Å². The van der Waals surface area contributed by atoms with Gasteiger partial charge in [0.2, 0.25) is 0 Å². The Labute approximate surface area is 88.7 Å². The molecule has 0 aromatic heterocycles. The van der Waals surface area contributed by atoms with E-state index < -0.39 is 6.04 Å². The number of hydrogen-bond donors (Lipinski definition) is 3. The molecular formula is C10H15ClN2O. The second kappa shape index (κ2) is 4.17. The first-order valence-corrected chi connectivity index (χ1v) is 4.81. The van der Waals surface area contributed by atoms with Crippen LogP contribution in [0.25, 0.3) is 0 Å². The quantitative estimate of drug-likeness (QED) is 0.702. The normalized spacial score (nSPS) is 15.2. The van der Waals surface area contributed by atoms with E-state index in [1.165, 1.54) is 0 Å². The molecule has 1 aromatic carbocycles. The molecule has 0 aliphatic rings. The van der Waals surface area contributed by atoms with Gasteiger partial charge in [-0.15, -0.1) is 0 Å². The lowest BCUT2D eigenvalue weighted by atomic mass is 9.99. The molecule has 14 heavy (non-hydrogen) atoms. The summed E-state index contributed by atoms with van der Waals surface area (Å²) in [7, 11) is 0. The monoisotopic (exact) mass is 214 g/mol. The van der Waals surface area contributed by atoms with Crippen molar-refractivity contribution in [3.63, 3.8) is 0 Å². The highest BCUT2D eigenvalue weighted by molar-refractivity contribution is 6.30. The average molecular weight is 215 g/mol. The summed E-state index contributed by atoms with van der Waals surface area (Å²) < 4.78 is 0. The van der Waals surface area contributed by atoms with Gasteiger partial charge in [0, 0.05) is 22.7 Å². The molecule has 78 valence electrons. The molecule has 1 rings (SSSR count). The van der Waals surface area contributed by atoms with Crippen LogP contribution in [-0.2, 0) is 0 Å². The Morgan fingerprint density at radius 2 is 1.93 bits per heavy atom. The number of halogens is 1. The Balaban J connectivity index is 3.20. The van der Waals surface area contributed by atoms with Crippen molar-refractivity contribution in [3.05, 3.63) is 28.3 Å². The Morgan fingerprint density at radius 3 is 2.43 bits per heavy atom. The molecule has 2 atom stereocenters. The van der Waals surface area contributed by atoms with Crippen molar-refractivity contribution in [2.75, 3.05) is 0 Å². The summed E-state index contributed by atoms with van der Waals surface area (Å²) in [6.45, 7) is 3.57. The minimum Gasteiger partial charge on any atom is -0.507 e. The molecule has 0 fully saturated rings. The molecule has 3 nitrogen and oxygen atoms in total. The number of phenols is 1. The van der Waals surface area contributed by atoms with Crippen molar-refractivity contribution in [3.8, 4) is 5.75 Å². The number of aromatic hydroxyl groups is 1. The van der Waals surface area contributed by atoms with E-state index in [9.17, 15) is 5.11 Å². The van der Waals surface area contributed by atoms with Gasteiger partial charge in [-0.3, -0.25) is 0 Å². The fourth-order valence-corrected chi connectivity index (χ4v) is 1.58. The lowest BCUT2D eigenvalue weighted by Gasteiger charge is -2.18. The summed E-state index contributed by atoms with van der Waals surface area (Å²) in [6, 6.07) is 2.72. The largest absolute Gasteiger partial charge is 0.507 e. The highest BCUT2D eigenvalue weighted by atomic mass is 35.5. The first-order chi connectivity index (χ1) is 6.43. The van der Waals surface area contributed by atoms with Gasteiger partial charge in [-0.25, -0.2) is 0 Å². The Kier molecular flexibility index (Phi) is 3.37. The van der Waals surface area contributed by atoms with Crippen LogP contribution in [-0.4, -0.2) is 11.1 Å². The Morgan fingerprint density at radius 1 is 1.36 bits per heavy atom. The van der Waals surface area contributed by atoms with Crippen molar-refractivity contribution >= 4 is 11.6 Å². The predicted octanol–water partition coefficient (Wildman–Crippen LogP) is 1.70. The zero-order chi connectivity index (χ0) is 10.9. The highest BCUT2D eigenvalue weighted by Gasteiger charge is 2.16. The molecule has 0 amide bonds. The number of rotatable bonds is 2.